The summed E-state index contributed by atoms with van der Waals surface area (Å²) in [4.78, 5) is 13.3. The molecule has 4 heteroatoms. The lowest BCUT2D eigenvalue weighted by Gasteiger charge is -2.05. The van der Waals surface area contributed by atoms with E-state index < -0.39 is 0 Å². The van der Waals surface area contributed by atoms with Crippen LogP contribution in [0.3, 0.4) is 0 Å². The van der Waals surface area contributed by atoms with E-state index >= 15 is 0 Å². The van der Waals surface area contributed by atoms with E-state index in [1.807, 2.05) is 24.4 Å². The topological polar surface area (TPSA) is 44.9 Å². The molecule has 2 aromatic rings. The minimum absolute atomic E-state index is 0.605. The first-order valence-corrected chi connectivity index (χ1v) is 5.12. The van der Waals surface area contributed by atoms with Crippen molar-refractivity contribution in [1.29, 1.82) is 0 Å². The quantitative estimate of drug-likeness (QED) is 0.604. The van der Waals surface area contributed by atoms with Gasteiger partial charge in [0, 0.05) is 28.7 Å². The summed E-state index contributed by atoms with van der Waals surface area (Å²) >= 11 is 6.11. The average Bonchev–Trinajstić information content (AvgIpc) is 2.69. The molecule has 0 radical (unpaired) electrons. The maximum atomic E-state index is 10.1. The van der Waals surface area contributed by atoms with Crippen molar-refractivity contribution in [1.82, 2.24) is 10.3 Å². The molecule has 3 nitrogen and oxygen atoms in total. The Morgan fingerprint density at radius 3 is 3.07 bits per heavy atom. The largest absolute Gasteiger partial charge is 0.361 e. The van der Waals surface area contributed by atoms with Crippen LogP contribution in [0.25, 0.3) is 10.9 Å². The lowest BCUT2D eigenvalue weighted by Crippen LogP contribution is -2.14. The second-order valence-electron chi connectivity index (χ2n) is 3.29. The highest BCUT2D eigenvalue weighted by molar-refractivity contribution is 6.32. The molecule has 0 saturated heterocycles. The van der Waals surface area contributed by atoms with Crippen molar-refractivity contribution < 1.29 is 4.79 Å². The molecule has 2 N–H and O–H groups in total. The molecule has 0 aliphatic heterocycles. The number of aromatic nitrogens is 1. The number of benzene rings is 1. The summed E-state index contributed by atoms with van der Waals surface area (Å²) in [5.74, 6) is 0. The summed E-state index contributed by atoms with van der Waals surface area (Å²) in [6.07, 6.45) is 3.33. The summed E-state index contributed by atoms with van der Waals surface area (Å²) < 4.78 is 0. The lowest BCUT2D eigenvalue weighted by molar-refractivity contribution is -0.109. The Balaban J connectivity index is 2.34. The van der Waals surface area contributed by atoms with Crippen LogP contribution in [-0.2, 0) is 11.2 Å². The third-order valence-electron chi connectivity index (χ3n) is 2.39. The number of rotatable bonds is 4. The molecule has 0 saturated carbocycles. The van der Waals surface area contributed by atoms with Gasteiger partial charge in [-0.05, 0) is 30.2 Å². The van der Waals surface area contributed by atoms with Crippen LogP contribution in [0.5, 0.6) is 0 Å². The van der Waals surface area contributed by atoms with E-state index in [0.29, 0.717) is 13.0 Å². The van der Waals surface area contributed by atoms with E-state index in [4.69, 9.17) is 11.6 Å². The molecule has 15 heavy (non-hydrogen) atoms. The van der Waals surface area contributed by atoms with Gasteiger partial charge in [0.2, 0.25) is 6.41 Å². The summed E-state index contributed by atoms with van der Waals surface area (Å²) in [7, 11) is 0. The highest BCUT2D eigenvalue weighted by Gasteiger charge is 2.06. The standard InChI is InChI=1S/C11H11ClN2O/c12-10-1-2-11-9(4-6-14-11)8(10)3-5-13-7-15/h1-2,4,6-7,14H,3,5H2,(H,13,15). The molecule has 1 aromatic heterocycles. The van der Waals surface area contributed by atoms with E-state index in [1.165, 1.54) is 0 Å². The second-order valence-corrected chi connectivity index (χ2v) is 3.69. The maximum absolute atomic E-state index is 10.1. The molecule has 0 unspecified atom stereocenters. The van der Waals surface area contributed by atoms with Gasteiger partial charge in [0.15, 0.2) is 0 Å². The van der Waals surface area contributed by atoms with Crippen LogP contribution in [0.4, 0.5) is 0 Å². The van der Waals surface area contributed by atoms with Crippen molar-refractivity contribution in [3.05, 3.63) is 35.0 Å². The lowest BCUT2D eigenvalue weighted by atomic mass is 10.1. The van der Waals surface area contributed by atoms with Crippen molar-refractivity contribution in [2.24, 2.45) is 0 Å². The molecule has 1 aromatic carbocycles. The first kappa shape index (κ1) is 10.1. The number of hydrogen-bond donors (Lipinski definition) is 2. The minimum atomic E-state index is 0.605. The number of amides is 1. The third-order valence-corrected chi connectivity index (χ3v) is 2.75. The fourth-order valence-electron chi connectivity index (χ4n) is 1.68. The monoisotopic (exact) mass is 222 g/mol. The predicted molar refractivity (Wildman–Crippen MR) is 61.1 cm³/mol. The third kappa shape index (κ3) is 1.97. The van der Waals surface area contributed by atoms with Crippen LogP contribution in [0, 0.1) is 0 Å². The van der Waals surface area contributed by atoms with Crippen LogP contribution < -0.4 is 5.32 Å². The van der Waals surface area contributed by atoms with Crippen molar-refractivity contribution in [3.8, 4) is 0 Å². The van der Waals surface area contributed by atoms with Gasteiger partial charge in [0.25, 0.3) is 0 Å². The molecular weight excluding hydrogens is 212 g/mol. The second kappa shape index (κ2) is 4.36. The van der Waals surface area contributed by atoms with Crippen molar-refractivity contribution in [3.63, 3.8) is 0 Å². The van der Waals surface area contributed by atoms with Gasteiger partial charge >= 0.3 is 0 Å². The Hall–Kier alpha value is -1.48. The SMILES string of the molecule is O=CNCCc1c(Cl)ccc2[nH]ccc12. The van der Waals surface area contributed by atoms with Crippen molar-refractivity contribution >= 4 is 28.9 Å². The summed E-state index contributed by atoms with van der Waals surface area (Å²) in [6, 6.07) is 5.82. The van der Waals surface area contributed by atoms with Gasteiger partial charge in [-0.2, -0.15) is 0 Å². The van der Waals surface area contributed by atoms with Gasteiger partial charge in [-0.3, -0.25) is 4.79 Å². The Morgan fingerprint density at radius 1 is 1.40 bits per heavy atom. The Labute approximate surface area is 92.4 Å². The first-order valence-electron chi connectivity index (χ1n) is 4.74. The normalized spacial score (nSPS) is 10.5. The molecule has 0 fully saturated rings. The number of nitrogens with one attached hydrogen (secondary N) is 2. The van der Waals surface area contributed by atoms with Gasteiger partial charge in [0.05, 0.1) is 0 Å². The zero-order valence-corrected chi connectivity index (χ0v) is 8.84. The van der Waals surface area contributed by atoms with Crippen molar-refractivity contribution in [2.75, 3.05) is 6.54 Å². The zero-order valence-electron chi connectivity index (χ0n) is 8.09. The van der Waals surface area contributed by atoms with E-state index in [2.05, 4.69) is 10.3 Å². The van der Waals surface area contributed by atoms with Crippen LogP contribution in [-0.4, -0.2) is 17.9 Å². The van der Waals surface area contributed by atoms with Crippen LogP contribution in [0.1, 0.15) is 5.56 Å². The number of fused-ring (bicyclic) bond motifs is 1. The van der Waals surface area contributed by atoms with Crippen LogP contribution in [0.15, 0.2) is 24.4 Å². The molecule has 0 bridgehead atoms. The highest BCUT2D eigenvalue weighted by atomic mass is 35.5. The molecule has 0 aliphatic carbocycles. The summed E-state index contributed by atoms with van der Waals surface area (Å²) in [5.41, 5.74) is 2.14. The maximum Gasteiger partial charge on any atom is 0.207 e. The number of halogens is 1. The van der Waals surface area contributed by atoms with E-state index in [-0.39, 0.29) is 0 Å². The van der Waals surface area contributed by atoms with Crippen LogP contribution >= 0.6 is 11.6 Å². The molecular formula is C11H11ClN2O. The van der Waals surface area contributed by atoms with Crippen LogP contribution in [0.2, 0.25) is 5.02 Å². The molecule has 2 rings (SSSR count). The van der Waals surface area contributed by atoms with Gasteiger partial charge in [-0.15, -0.1) is 0 Å². The molecule has 1 heterocycles. The number of hydrogen-bond acceptors (Lipinski definition) is 1. The Kier molecular flexibility index (Phi) is 2.92. The molecule has 78 valence electrons. The van der Waals surface area contributed by atoms with E-state index in [9.17, 15) is 4.79 Å². The minimum Gasteiger partial charge on any atom is -0.361 e. The molecule has 0 spiro atoms. The highest BCUT2D eigenvalue weighted by Crippen LogP contribution is 2.25. The van der Waals surface area contributed by atoms with Gasteiger partial charge in [-0.1, -0.05) is 11.6 Å². The first-order chi connectivity index (χ1) is 7.33. The van der Waals surface area contributed by atoms with Gasteiger partial charge in [-0.25, -0.2) is 0 Å². The number of carbonyl (C=O) groups is 1. The van der Waals surface area contributed by atoms with Gasteiger partial charge < -0.3 is 10.3 Å². The smallest absolute Gasteiger partial charge is 0.207 e. The van der Waals surface area contributed by atoms with E-state index in [0.717, 1.165) is 27.9 Å². The summed E-state index contributed by atoms with van der Waals surface area (Å²) in [5, 5.41) is 4.50. The zero-order chi connectivity index (χ0) is 10.7. The Bertz CT molecular complexity index is 478. The van der Waals surface area contributed by atoms with E-state index in [1.54, 1.807) is 0 Å². The van der Waals surface area contributed by atoms with Gasteiger partial charge in [0.1, 0.15) is 0 Å². The number of H-pyrrole nitrogens is 1. The van der Waals surface area contributed by atoms with Crippen molar-refractivity contribution in [2.45, 2.75) is 6.42 Å². The fraction of sp³-hybridized carbons (Fsp3) is 0.182. The molecule has 0 aliphatic rings. The number of aromatic amines is 1. The average molecular weight is 223 g/mol. The Morgan fingerprint density at radius 2 is 2.27 bits per heavy atom. The molecule has 1 amide bonds. The predicted octanol–water partition coefficient (Wildman–Crippen LogP) is 2.11. The molecule has 0 atom stereocenters. The fourth-order valence-corrected chi connectivity index (χ4v) is 1.94. The number of carbonyl (C=O) groups excluding carboxylic acids is 1. The summed E-state index contributed by atoms with van der Waals surface area (Å²) in [6.45, 7) is 0.605.